The average Bonchev–Trinajstić information content (AvgIpc) is 3.43. The molecule has 2 amide bonds. The molecule has 4 aromatic carbocycles. The number of carbonyl (C=O) groups is 3. The zero-order valence-electron chi connectivity index (χ0n) is 23.4. The van der Waals surface area contributed by atoms with Crippen molar-refractivity contribution in [2.24, 2.45) is 5.73 Å². The molecule has 1 aliphatic carbocycles. The molecule has 0 fully saturated rings. The van der Waals surface area contributed by atoms with E-state index in [0.717, 1.165) is 24.8 Å². The third-order valence-electron chi connectivity index (χ3n) is 7.74. The van der Waals surface area contributed by atoms with Crippen molar-refractivity contribution in [1.82, 2.24) is 20.3 Å². The Balaban J connectivity index is 1.20. The van der Waals surface area contributed by atoms with Crippen molar-refractivity contribution >= 4 is 40.4 Å². The lowest BCUT2D eigenvalue weighted by molar-refractivity contribution is -0.145. The number of primary amides is 1. The number of hydrogen-bond acceptors (Lipinski definition) is 6. The summed E-state index contributed by atoms with van der Waals surface area (Å²) in [4.78, 5) is 36.8. The number of halogens is 1. The number of rotatable bonds is 9. The van der Waals surface area contributed by atoms with Crippen molar-refractivity contribution in [2.75, 3.05) is 0 Å². The molecule has 0 saturated heterocycles. The van der Waals surface area contributed by atoms with Gasteiger partial charge >= 0.3 is 5.97 Å². The predicted molar refractivity (Wildman–Crippen MR) is 164 cm³/mol. The number of carbonyl (C=O) groups excluding carboxylic acids is 2. The fourth-order valence-corrected chi connectivity index (χ4v) is 5.71. The maximum Gasteiger partial charge on any atom is 0.349 e. The van der Waals surface area contributed by atoms with Gasteiger partial charge in [0, 0.05) is 21.7 Å². The fourth-order valence-electron chi connectivity index (χ4n) is 5.53. The van der Waals surface area contributed by atoms with E-state index in [9.17, 15) is 19.5 Å². The highest BCUT2D eigenvalue weighted by Gasteiger charge is 2.24. The summed E-state index contributed by atoms with van der Waals surface area (Å²) in [7, 11) is 0. The minimum Gasteiger partial charge on any atom is -0.478 e. The van der Waals surface area contributed by atoms with Crippen LogP contribution in [0.15, 0.2) is 84.9 Å². The van der Waals surface area contributed by atoms with Crippen molar-refractivity contribution in [3.8, 4) is 5.75 Å². The predicted octanol–water partition coefficient (Wildman–Crippen LogP) is 5.24. The monoisotopic (exact) mass is 609 g/mol. The second-order valence-corrected chi connectivity index (χ2v) is 11.1. The standard InChI is InChI=1S/C33H28ClN5O5/c34-26-13-12-24(44-30(33(42)43)20-7-3-8-21(15-20)31(35)40)16-23(26)18-39-29-14-11-22(17-28(29)37-38-39)32(41)36-27-10-4-6-19-5-1-2-9-25(19)27/h1-3,5,7-9,11-17,27,30H,4,6,10,18H2,(H2,35,40)(H,36,41)(H,42,43). The highest BCUT2D eigenvalue weighted by molar-refractivity contribution is 6.31. The number of nitrogens with two attached hydrogens (primary N) is 1. The zero-order chi connectivity index (χ0) is 30.8. The Hall–Kier alpha value is -5.22. The van der Waals surface area contributed by atoms with Crippen LogP contribution in [0.3, 0.4) is 0 Å². The molecule has 1 aliphatic rings. The van der Waals surface area contributed by atoms with Gasteiger partial charge in [-0.05, 0) is 84.5 Å². The molecule has 4 N–H and O–H groups in total. The molecule has 0 bridgehead atoms. The number of fused-ring (bicyclic) bond motifs is 2. The summed E-state index contributed by atoms with van der Waals surface area (Å²) in [6.45, 7) is 0.214. The summed E-state index contributed by atoms with van der Waals surface area (Å²) in [6.07, 6.45) is 1.53. The number of carboxylic acid groups (broad SMARTS) is 1. The van der Waals surface area contributed by atoms with Crippen LogP contribution in [-0.2, 0) is 17.8 Å². The SMILES string of the molecule is NC(=O)c1cccc(C(Oc2ccc(Cl)c(Cn3nnc4cc(C(=O)NC5CCCc6ccccc65)ccc43)c2)C(=O)O)c1. The highest BCUT2D eigenvalue weighted by atomic mass is 35.5. The van der Waals surface area contributed by atoms with Crippen LogP contribution in [-0.4, -0.2) is 37.9 Å². The fraction of sp³-hybridized carbons (Fsp3) is 0.182. The Kier molecular flexibility index (Phi) is 7.99. The van der Waals surface area contributed by atoms with E-state index >= 15 is 0 Å². The number of amides is 2. The summed E-state index contributed by atoms with van der Waals surface area (Å²) in [5.74, 6) is -1.83. The van der Waals surface area contributed by atoms with Gasteiger partial charge in [-0.1, -0.05) is 53.2 Å². The van der Waals surface area contributed by atoms with Crippen LogP contribution >= 0.6 is 11.6 Å². The summed E-state index contributed by atoms with van der Waals surface area (Å²) in [5.41, 5.74) is 10.6. The van der Waals surface area contributed by atoms with E-state index in [4.69, 9.17) is 22.1 Å². The van der Waals surface area contributed by atoms with Gasteiger partial charge in [-0.3, -0.25) is 9.59 Å². The third-order valence-corrected chi connectivity index (χ3v) is 8.11. The number of benzene rings is 4. The van der Waals surface area contributed by atoms with Crippen molar-refractivity contribution in [2.45, 2.75) is 38.0 Å². The van der Waals surface area contributed by atoms with Gasteiger partial charge in [0.05, 0.1) is 18.1 Å². The first kappa shape index (κ1) is 28.9. The summed E-state index contributed by atoms with van der Waals surface area (Å²) in [5, 5.41) is 22.0. The van der Waals surface area contributed by atoms with Gasteiger partial charge in [0.25, 0.3) is 5.91 Å². The van der Waals surface area contributed by atoms with Crippen LogP contribution in [0.2, 0.25) is 5.02 Å². The molecule has 222 valence electrons. The van der Waals surface area contributed by atoms with E-state index in [1.807, 2.05) is 12.1 Å². The van der Waals surface area contributed by atoms with Gasteiger partial charge in [0.1, 0.15) is 11.3 Å². The lowest BCUT2D eigenvalue weighted by atomic mass is 9.87. The van der Waals surface area contributed by atoms with Gasteiger partial charge in [0.2, 0.25) is 12.0 Å². The Morgan fingerprint density at radius 1 is 1.02 bits per heavy atom. The van der Waals surface area contributed by atoms with E-state index in [1.54, 1.807) is 53.2 Å². The molecule has 5 aromatic rings. The third kappa shape index (κ3) is 5.97. The van der Waals surface area contributed by atoms with Crippen molar-refractivity contribution < 1.29 is 24.2 Å². The van der Waals surface area contributed by atoms with Crippen LogP contribution in [0.4, 0.5) is 0 Å². The molecule has 2 unspecified atom stereocenters. The molecule has 10 nitrogen and oxygen atoms in total. The summed E-state index contributed by atoms with van der Waals surface area (Å²) < 4.78 is 7.47. The number of aromatic nitrogens is 3. The Bertz CT molecular complexity index is 1910. The highest BCUT2D eigenvalue weighted by Crippen LogP contribution is 2.31. The van der Waals surface area contributed by atoms with Gasteiger partial charge in [0.15, 0.2) is 0 Å². The van der Waals surface area contributed by atoms with Gasteiger partial charge in [-0.2, -0.15) is 0 Å². The Labute approximate surface area is 257 Å². The second kappa shape index (κ2) is 12.2. The Morgan fingerprint density at radius 3 is 2.68 bits per heavy atom. The zero-order valence-corrected chi connectivity index (χ0v) is 24.2. The molecule has 44 heavy (non-hydrogen) atoms. The molecule has 0 radical (unpaired) electrons. The minimum atomic E-state index is -1.39. The smallest absolute Gasteiger partial charge is 0.349 e. The quantitative estimate of drug-likeness (QED) is 0.207. The number of ether oxygens (including phenoxy) is 1. The normalized spacial score (nSPS) is 14.9. The van der Waals surface area contributed by atoms with Crippen LogP contribution in [0, 0.1) is 0 Å². The molecule has 1 aromatic heterocycles. The molecule has 0 saturated carbocycles. The molecule has 6 rings (SSSR count). The van der Waals surface area contributed by atoms with Crippen molar-refractivity contribution in [3.05, 3.63) is 123 Å². The van der Waals surface area contributed by atoms with Gasteiger partial charge in [-0.25, -0.2) is 9.48 Å². The second-order valence-electron chi connectivity index (χ2n) is 10.6. The van der Waals surface area contributed by atoms with E-state index in [2.05, 4.69) is 27.8 Å². The first-order chi connectivity index (χ1) is 21.3. The van der Waals surface area contributed by atoms with Crippen LogP contribution in [0.1, 0.15) is 68.0 Å². The first-order valence-electron chi connectivity index (χ1n) is 14.1. The minimum absolute atomic E-state index is 0.0386. The molecular formula is C33H28ClN5O5. The number of nitrogens with zero attached hydrogens (tertiary/aromatic N) is 3. The lowest BCUT2D eigenvalue weighted by Crippen LogP contribution is -2.30. The maximum atomic E-state index is 13.2. The number of nitrogens with one attached hydrogen (secondary N) is 1. The lowest BCUT2D eigenvalue weighted by Gasteiger charge is -2.26. The number of aliphatic carboxylic acids is 1. The van der Waals surface area contributed by atoms with Crippen molar-refractivity contribution in [1.29, 1.82) is 0 Å². The van der Waals surface area contributed by atoms with Crippen LogP contribution in [0.25, 0.3) is 11.0 Å². The van der Waals surface area contributed by atoms with Gasteiger partial charge < -0.3 is 20.9 Å². The van der Waals surface area contributed by atoms with E-state index in [-0.39, 0.29) is 35.4 Å². The van der Waals surface area contributed by atoms with Crippen molar-refractivity contribution in [3.63, 3.8) is 0 Å². The number of aryl methyl sites for hydroxylation is 1. The van der Waals surface area contributed by atoms with Crippen LogP contribution < -0.4 is 15.8 Å². The molecule has 2 atom stereocenters. The summed E-state index contributed by atoms with van der Waals surface area (Å²) in [6, 6.07) is 24.2. The summed E-state index contributed by atoms with van der Waals surface area (Å²) >= 11 is 6.49. The molecule has 11 heteroatoms. The molecule has 0 spiro atoms. The van der Waals surface area contributed by atoms with E-state index in [1.165, 1.54) is 17.7 Å². The van der Waals surface area contributed by atoms with E-state index in [0.29, 0.717) is 27.2 Å². The Morgan fingerprint density at radius 2 is 1.86 bits per heavy atom. The number of carboxylic acids is 1. The molecule has 1 heterocycles. The van der Waals surface area contributed by atoms with E-state index < -0.39 is 18.0 Å². The number of hydrogen-bond donors (Lipinski definition) is 3. The maximum absolute atomic E-state index is 13.2. The molecular weight excluding hydrogens is 582 g/mol. The van der Waals surface area contributed by atoms with Crippen LogP contribution in [0.5, 0.6) is 5.75 Å². The largest absolute Gasteiger partial charge is 0.478 e. The van der Waals surface area contributed by atoms with Gasteiger partial charge in [-0.15, -0.1) is 5.10 Å². The average molecular weight is 610 g/mol. The molecule has 0 aliphatic heterocycles. The first-order valence-corrected chi connectivity index (χ1v) is 14.4. The topological polar surface area (TPSA) is 149 Å².